The number of nitro groups is 1. The van der Waals surface area contributed by atoms with Gasteiger partial charge in [0.25, 0.3) is 5.91 Å². The number of benzene rings is 1. The highest BCUT2D eigenvalue weighted by Gasteiger charge is 2.27. The van der Waals surface area contributed by atoms with Crippen molar-refractivity contribution in [3.63, 3.8) is 0 Å². The molecule has 0 N–H and O–H groups in total. The summed E-state index contributed by atoms with van der Waals surface area (Å²) in [6.45, 7) is 1.23. The molecule has 0 atom stereocenters. The summed E-state index contributed by atoms with van der Waals surface area (Å²) in [5.41, 5.74) is 0.135. The van der Waals surface area contributed by atoms with Crippen LogP contribution >= 0.6 is 0 Å². The topological polar surface area (TPSA) is 79.6 Å². The van der Waals surface area contributed by atoms with Crippen LogP contribution in [0.15, 0.2) is 30.5 Å². The second-order valence-electron chi connectivity index (χ2n) is 5.63. The van der Waals surface area contributed by atoms with Gasteiger partial charge >= 0.3 is 5.82 Å². The second kappa shape index (κ2) is 6.98. The molecule has 26 heavy (non-hydrogen) atoms. The summed E-state index contributed by atoms with van der Waals surface area (Å²) in [6.07, 6.45) is 1.37. The quantitative estimate of drug-likeness (QED) is 0.473. The minimum atomic E-state index is -1.67. The molecule has 1 aromatic carbocycles. The lowest BCUT2D eigenvalue weighted by Gasteiger charge is -2.35. The Bertz CT molecular complexity index is 853. The molecule has 3 rings (SSSR count). The third kappa shape index (κ3) is 3.30. The van der Waals surface area contributed by atoms with Crippen molar-refractivity contribution in [3.05, 3.63) is 63.6 Å². The van der Waals surface area contributed by atoms with Gasteiger partial charge in [0, 0.05) is 32.2 Å². The highest BCUT2D eigenvalue weighted by atomic mass is 19.2. The summed E-state index contributed by atoms with van der Waals surface area (Å²) >= 11 is 0. The third-order valence-corrected chi connectivity index (χ3v) is 4.12. The van der Waals surface area contributed by atoms with Gasteiger partial charge in [-0.05, 0) is 28.1 Å². The first kappa shape index (κ1) is 17.6. The van der Waals surface area contributed by atoms with E-state index in [0.717, 1.165) is 6.07 Å². The molecule has 1 fully saturated rings. The van der Waals surface area contributed by atoms with Crippen LogP contribution in [0.1, 0.15) is 10.4 Å². The Morgan fingerprint density at radius 2 is 1.73 bits per heavy atom. The summed E-state index contributed by atoms with van der Waals surface area (Å²) in [5, 5.41) is 10.6. The first-order chi connectivity index (χ1) is 12.4. The van der Waals surface area contributed by atoms with Gasteiger partial charge in [-0.3, -0.25) is 4.79 Å². The number of pyridine rings is 1. The predicted molar refractivity (Wildman–Crippen MR) is 85.3 cm³/mol. The number of aromatic nitrogens is 1. The van der Waals surface area contributed by atoms with E-state index in [0.29, 0.717) is 24.8 Å². The zero-order chi connectivity index (χ0) is 18.8. The molecule has 1 saturated heterocycles. The molecular weight excluding hydrogens is 353 g/mol. The summed E-state index contributed by atoms with van der Waals surface area (Å²) in [7, 11) is 0. The van der Waals surface area contributed by atoms with Crippen LogP contribution in [0.25, 0.3) is 0 Å². The van der Waals surface area contributed by atoms with Crippen LogP contribution in [0.3, 0.4) is 0 Å². The van der Waals surface area contributed by atoms with Gasteiger partial charge in [-0.2, -0.15) is 0 Å². The van der Waals surface area contributed by atoms with Gasteiger partial charge in [0.05, 0.1) is 11.3 Å². The van der Waals surface area contributed by atoms with Gasteiger partial charge in [-0.1, -0.05) is 0 Å². The zero-order valence-electron chi connectivity index (χ0n) is 13.4. The number of piperazine rings is 1. The summed E-state index contributed by atoms with van der Waals surface area (Å²) in [4.78, 5) is 29.3. The molecule has 0 bridgehead atoms. The molecule has 1 aliphatic heterocycles. The lowest BCUT2D eigenvalue weighted by Crippen LogP contribution is -2.49. The number of carbonyl (C=O) groups excluding carboxylic acids is 1. The Labute approximate surface area is 145 Å². The molecule has 7 nitrogen and oxygen atoms in total. The molecule has 2 aromatic rings. The average Bonchev–Trinajstić information content (AvgIpc) is 2.66. The first-order valence-electron chi connectivity index (χ1n) is 7.66. The Balaban J connectivity index is 1.67. The molecule has 136 valence electrons. The van der Waals surface area contributed by atoms with Crippen molar-refractivity contribution < 1.29 is 22.9 Å². The zero-order valence-corrected chi connectivity index (χ0v) is 13.4. The molecule has 0 spiro atoms. The van der Waals surface area contributed by atoms with Gasteiger partial charge < -0.3 is 19.9 Å². The predicted octanol–water partition coefficient (Wildman–Crippen LogP) is 2.37. The largest absolute Gasteiger partial charge is 0.365 e. The van der Waals surface area contributed by atoms with Crippen molar-refractivity contribution in [2.75, 3.05) is 31.1 Å². The van der Waals surface area contributed by atoms with Crippen LogP contribution in [-0.2, 0) is 0 Å². The highest BCUT2D eigenvalue weighted by molar-refractivity contribution is 5.94. The standard InChI is InChI=1S/C16H13F3N4O3/c17-12-3-2-11(14(18)15(12)19)16(24)22-7-5-21(6-8-22)10-1-4-13(20-9-10)23(25)26/h1-4,9H,5-8H2. The van der Waals surface area contributed by atoms with E-state index in [-0.39, 0.29) is 18.9 Å². The van der Waals surface area contributed by atoms with E-state index in [2.05, 4.69) is 4.98 Å². The minimum Gasteiger partial charge on any atom is -0.365 e. The minimum absolute atomic E-state index is 0.230. The smallest absolute Gasteiger partial charge is 0.363 e. The van der Waals surface area contributed by atoms with Crippen molar-refractivity contribution in [2.24, 2.45) is 0 Å². The Hall–Kier alpha value is -3.17. The Morgan fingerprint density at radius 1 is 1.04 bits per heavy atom. The van der Waals surface area contributed by atoms with Crippen LogP contribution in [-0.4, -0.2) is 46.9 Å². The van der Waals surface area contributed by atoms with E-state index in [4.69, 9.17) is 0 Å². The Morgan fingerprint density at radius 3 is 2.31 bits per heavy atom. The molecule has 0 unspecified atom stereocenters. The number of amides is 1. The number of rotatable bonds is 3. The molecule has 2 heterocycles. The van der Waals surface area contributed by atoms with Gasteiger partial charge in [-0.25, -0.2) is 13.2 Å². The van der Waals surface area contributed by atoms with E-state index in [1.165, 1.54) is 17.2 Å². The number of nitrogens with zero attached hydrogens (tertiary/aromatic N) is 4. The fourth-order valence-electron chi connectivity index (χ4n) is 2.70. The van der Waals surface area contributed by atoms with Crippen molar-refractivity contribution in [1.29, 1.82) is 0 Å². The van der Waals surface area contributed by atoms with Crippen molar-refractivity contribution in [3.8, 4) is 0 Å². The molecular formula is C16H13F3N4O3. The van der Waals surface area contributed by atoms with E-state index < -0.39 is 33.8 Å². The van der Waals surface area contributed by atoms with E-state index in [1.54, 1.807) is 6.07 Å². The number of halogens is 3. The molecule has 1 amide bonds. The van der Waals surface area contributed by atoms with Gasteiger partial charge in [0.2, 0.25) is 0 Å². The maximum absolute atomic E-state index is 13.8. The normalized spacial score (nSPS) is 14.4. The van der Waals surface area contributed by atoms with Crippen molar-refractivity contribution >= 4 is 17.4 Å². The van der Waals surface area contributed by atoms with Crippen LogP contribution in [0.5, 0.6) is 0 Å². The Kier molecular flexibility index (Phi) is 4.74. The van der Waals surface area contributed by atoms with Crippen LogP contribution in [0.4, 0.5) is 24.7 Å². The molecule has 1 aliphatic rings. The fourth-order valence-corrected chi connectivity index (χ4v) is 2.70. The summed E-state index contributed by atoms with van der Waals surface area (Å²) in [6, 6.07) is 4.47. The molecule has 1 aromatic heterocycles. The number of carbonyl (C=O) groups is 1. The van der Waals surface area contributed by atoms with Gasteiger partial charge in [0.1, 0.15) is 0 Å². The average molecular weight is 366 g/mol. The number of anilines is 1. The van der Waals surface area contributed by atoms with Crippen LogP contribution in [0.2, 0.25) is 0 Å². The number of hydrogen-bond donors (Lipinski definition) is 0. The molecule has 0 saturated carbocycles. The van der Waals surface area contributed by atoms with Crippen LogP contribution in [0, 0.1) is 27.6 Å². The van der Waals surface area contributed by atoms with E-state index in [9.17, 15) is 28.1 Å². The monoisotopic (exact) mass is 366 g/mol. The molecule has 10 heteroatoms. The van der Waals surface area contributed by atoms with E-state index >= 15 is 0 Å². The highest BCUT2D eigenvalue weighted by Crippen LogP contribution is 2.21. The molecule has 0 radical (unpaired) electrons. The van der Waals surface area contributed by atoms with E-state index in [1.807, 2.05) is 4.90 Å². The van der Waals surface area contributed by atoms with Crippen molar-refractivity contribution in [1.82, 2.24) is 9.88 Å². The number of hydrogen-bond acceptors (Lipinski definition) is 5. The lowest BCUT2D eigenvalue weighted by molar-refractivity contribution is -0.389. The maximum Gasteiger partial charge on any atom is 0.363 e. The lowest BCUT2D eigenvalue weighted by atomic mass is 10.1. The second-order valence-corrected chi connectivity index (χ2v) is 5.63. The summed E-state index contributed by atoms with van der Waals surface area (Å²) in [5.74, 6) is -5.52. The van der Waals surface area contributed by atoms with Crippen LogP contribution < -0.4 is 4.90 Å². The molecule has 0 aliphatic carbocycles. The summed E-state index contributed by atoms with van der Waals surface area (Å²) < 4.78 is 40.1. The SMILES string of the molecule is O=C(c1ccc(F)c(F)c1F)N1CCN(c2ccc([N+](=O)[O-])nc2)CC1. The fraction of sp³-hybridized carbons (Fsp3) is 0.250. The van der Waals surface area contributed by atoms with Crippen molar-refractivity contribution in [2.45, 2.75) is 0 Å². The first-order valence-corrected chi connectivity index (χ1v) is 7.66. The third-order valence-electron chi connectivity index (χ3n) is 4.12. The van der Waals surface area contributed by atoms with Gasteiger partial charge in [-0.15, -0.1) is 0 Å². The maximum atomic E-state index is 13.8. The van der Waals surface area contributed by atoms with Gasteiger partial charge in [0.15, 0.2) is 23.6 Å².